The van der Waals surface area contributed by atoms with Crippen molar-refractivity contribution in [1.29, 1.82) is 0 Å². The van der Waals surface area contributed by atoms with Crippen molar-refractivity contribution in [2.75, 3.05) is 13.1 Å². The molecule has 116 valence electrons. The molecule has 1 aliphatic carbocycles. The smallest absolute Gasteiger partial charge is 0.255 e. The van der Waals surface area contributed by atoms with E-state index < -0.39 is 10.0 Å². The Bertz CT molecular complexity index is 640. The van der Waals surface area contributed by atoms with Crippen molar-refractivity contribution in [3.05, 3.63) is 11.7 Å². The van der Waals surface area contributed by atoms with Gasteiger partial charge in [0.25, 0.3) is 5.89 Å². The number of hydrogen-bond donors (Lipinski definition) is 0. The van der Waals surface area contributed by atoms with Crippen LogP contribution in [0.5, 0.6) is 0 Å². The minimum Gasteiger partial charge on any atom is -0.365 e. The Balaban J connectivity index is 1.47. The van der Waals surface area contributed by atoms with E-state index in [0.717, 1.165) is 25.7 Å². The van der Waals surface area contributed by atoms with Crippen molar-refractivity contribution in [3.8, 4) is 0 Å². The lowest BCUT2D eigenvalue weighted by Crippen LogP contribution is -2.45. The molecule has 3 atom stereocenters. The SMILES string of the molecule is Cc1noc([C@@H]2C[C@@H]3CN(S(=O)(=O)C4CC4)CC[C@@H]3O2)n1. The Hall–Kier alpha value is -0.990. The van der Waals surface area contributed by atoms with Gasteiger partial charge in [-0.3, -0.25) is 0 Å². The molecule has 2 aliphatic heterocycles. The van der Waals surface area contributed by atoms with Crippen LogP contribution in [0.4, 0.5) is 0 Å². The summed E-state index contributed by atoms with van der Waals surface area (Å²) in [6.45, 7) is 2.90. The molecule has 0 amide bonds. The number of nitrogens with zero attached hydrogens (tertiary/aromatic N) is 3. The largest absolute Gasteiger partial charge is 0.365 e. The highest BCUT2D eigenvalue weighted by atomic mass is 32.2. The van der Waals surface area contributed by atoms with Gasteiger partial charge in [0.1, 0.15) is 6.10 Å². The van der Waals surface area contributed by atoms with Crippen molar-refractivity contribution in [2.45, 2.75) is 50.1 Å². The summed E-state index contributed by atoms with van der Waals surface area (Å²) in [5.41, 5.74) is 0. The van der Waals surface area contributed by atoms with Crippen molar-refractivity contribution in [1.82, 2.24) is 14.4 Å². The average Bonchev–Trinajstić information content (AvgIpc) is 3.10. The first kappa shape index (κ1) is 13.7. The van der Waals surface area contributed by atoms with Gasteiger partial charge in [-0.15, -0.1) is 0 Å². The molecule has 0 unspecified atom stereocenters. The summed E-state index contributed by atoms with van der Waals surface area (Å²) >= 11 is 0. The molecule has 1 aromatic heterocycles. The monoisotopic (exact) mass is 313 g/mol. The molecule has 0 N–H and O–H groups in total. The lowest BCUT2D eigenvalue weighted by atomic mass is 9.94. The minimum atomic E-state index is -3.08. The second kappa shape index (κ2) is 4.76. The zero-order chi connectivity index (χ0) is 14.6. The van der Waals surface area contributed by atoms with Crippen molar-refractivity contribution in [2.24, 2.45) is 5.92 Å². The molecular weight excluding hydrogens is 294 g/mol. The number of piperidine rings is 1. The van der Waals surface area contributed by atoms with Crippen molar-refractivity contribution in [3.63, 3.8) is 0 Å². The summed E-state index contributed by atoms with van der Waals surface area (Å²) in [5.74, 6) is 1.34. The van der Waals surface area contributed by atoms with E-state index in [4.69, 9.17) is 9.26 Å². The van der Waals surface area contributed by atoms with Crippen LogP contribution in [0.25, 0.3) is 0 Å². The topological polar surface area (TPSA) is 85.5 Å². The van der Waals surface area contributed by atoms with E-state index >= 15 is 0 Å². The first-order valence-corrected chi connectivity index (χ1v) is 8.99. The molecule has 2 saturated heterocycles. The highest BCUT2D eigenvalue weighted by Gasteiger charge is 2.47. The van der Waals surface area contributed by atoms with E-state index in [0.29, 0.717) is 24.8 Å². The predicted molar refractivity (Wildman–Crippen MR) is 72.9 cm³/mol. The van der Waals surface area contributed by atoms with Gasteiger partial charge < -0.3 is 9.26 Å². The third-order valence-electron chi connectivity index (χ3n) is 4.61. The number of rotatable bonds is 3. The number of sulfonamides is 1. The van der Waals surface area contributed by atoms with Gasteiger partial charge >= 0.3 is 0 Å². The second-order valence-corrected chi connectivity index (χ2v) is 8.44. The maximum absolute atomic E-state index is 12.3. The third kappa shape index (κ3) is 2.39. The van der Waals surface area contributed by atoms with Gasteiger partial charge in [0.05, 0.1) is 11.4 Å². The molecule has 4 rings (SSSR count). The molecule has 3 fully saturated rings. The van der Waals surface area contributed by atoms with E-state index in [1.54, 1.807) is 11.2 Å². The van der Waals surface area contributed by atoms with Crippen LogP contribution in [0.1, 0.15) is 43.5 Å². The molecule has 3 heterocycles. The average molecular weight is 313 g/mol. The molecule has 8 heteroatoms. The summed E-state index contributed by atoms with van der Waals surface area (Å²) in [5, 5.41) is 3.66. The lowest BCUT2D eigenvalue weighted by Gasteiger charge is -2.33. The molecular formula is C13H19N3O4S. The van der Waals surface area contributed by atoms with Crippen molar-refractivity contribution >= 4 is 10.0 Å². The fourth-order valence-corrected chi connectivity index (χ4v) is 5.25. The Labute approximate surface area is 123 Å². The number of aromatic nitrogens is 2. The molecule has 21 heavy (non-hydrogen) atoms. The fraction of sp³-hybridized carbons (Fsp3) is 0.846. The van der Waals surface area contributed by atoms with Gasteiger partial charge in [0.2, 0.25) is 10.0 Å². The molecule has 7 nitrogen and oxygen atoms in total. The van der Waals surface area contributed by atoms with Crippen LogP contribution in [-0.2, 0) is 14.8 Å². The van der Waals surface area contributed by atoms with Crippen LogP contribution >= 0.6 is 0 Å². The van der Waals surface area contributed by atoms with E-state index in [-0.39, 0.29) is 23.4 Å². The minimum absolute atomic E-state index is 0.104. The van der Waals surface area contributed by atoms with E-state index in [1.807, 2.05) is 0 Å². The first-order valence-electron chi connectivity index (χ1n) is 7.48. The zero-order valence-corrected chi connectivity index (χ0v) is 12.8. The van der Waals surface area contributed by atoms with Gasteiger partial charge in [-0.1, -0.05) is 5.16 Å². The maximum Gasteiger partial charge on any atom is 0.255 e. The lowest BCUT2D eigenvalue weighted by molar-refractivity contribution is -0.000202. The standard InChI is InChI=1S/C13H19N3O4S/c1-8-14-13(20-15-8)12-6-9-7-16(5-4-11(9)19-12)21(17,18)10-2-3-10/h9-12H,2-7H2,1H3/t9-,11+,12+/m1/s1. The van der Waals surface area contributed by atoms with Crippen LogP contribution in [0, 0.1) is 12.8 Å². The second-order valence-electron chi connectivity index (χ2n) is 6.23. The molecule has 1 saturated carbocycles. The molecule has 0 bridgehead atoms. The van der Waals surface area contributed by atoms with Gasteiger partial charge in [0, 0.05) is 19.0 Å². The van der Waals surface area contributed by atoms with Crippen LogP contribution < -0.4 is 0 Å². The maximum atomic E-state index is 12.3. The molecule has 0 radical (unpaired) electrons. The van der Waals surface area contributed by atoms with Crippen LogP contribution in [-0.4, -0.2) is 47.3 Å². The number of fused-ring (bicyclic) bond motifs is 1. The van der Waals surface area contributed by atoms with E-state index in [9.17, 15) is 8.42 Å². The van der Waals surface area contributed by atoms with E-state index in [2.05, 4.69) is 10.1 Å². The summed E-state index contributed by atoms with van der Waals surface area (Å²) in [6, 6.07) is 0. The first-order chi connectivity index (χ1) is 10.0. The van der Waals surface area contributed by atoms with Gasteiger partial charge in [0.15, 0.2) is 5.82 Å². The Morgan fingerprint density at radius 2 is 2.10 bits per heavy atom. The summed E-state index contributed by atoms with van der Waals surface area (Å²) < 4.78 is 37.5. The quantitative estimate of drug-likeness (QED) is 0.828. The number of aryl methyl sites for hydroxylation is 1. The highest BCUT2D eigenvalue weighted by Crippen LogP contribution is 2.42. The normalized spacial score (nSPS) is 34.0. The number of ether oxygens (including phenoxy) is 1. The predicted octanol–water partition coefficient (Wildman–Crippen LogP) is 1.02. The summed E-state index contributed by atoms with van der Waals surface area (Å²) in [4.78, 5) is 4.22. The van der Waals surface area contributed by atoms with Crippen LogP contribution in [0.2, 0.25) is 0 Å². The highest BCUT2D eigenvalue weighted by molar-refractivity contribution is 7.90. The molecule has 1 aromatic rings. The fourth-order valence-electron chi connectivity index (χ4n) is 3.34. The Kier molecular flexibility index (Phi) is 3.09. The summed E-state index contributed by atoms with van der Waals surface area (Å²) in [7, 11) is -3.08. The van der Waals surface area contributed by atoms with Gasteiger partial charge in [-0.05, 0) is 32.6 Å². The molecule has 3 aliphatic rings. The van der Waals surface area contributed by atoms with Gasteiger partial charge in [-0.2, -0.15) is 4.98 Å². The van der Waals surface area contributed by atoms with Crippen LogP contribution in [0.3, 0.4) is 0 Å². The third-order valence-corrected chi connectivity index (χ3v) is 6.97. The van der Waals surface area contributed by atoms with Crippen molar-refractivity contribution < 1.29 is 17.7 Å². The summed E-state index contributed by atoms with van der Waals surface area (Å²) in [6.07, 6.45) is 3.04. The van der Waals surface area contributed by atoms with E-state index in [1.165, 1.54) is 0 Å². The zero-order valence-electron chi connectivity index (χ0n) is 11.9. The molecule has 0 aromatic carbocycles. The number of hydrogen-bond acceptors (Lipinski definition) is 6. The van der Waals surface area contributed by atoms with Crippen LogP contribution in [0.15, 0.2) is 4.52 Å². The molecule has 0 spiro atoms. The Morgan fingerprint density at radius 1 is 1.29 bits per heavy atom. The van der Waals surface area contributed by atoms with Gasteiger partial charge in [-0.25, -0.2) is 12.7 Å². The Morgan fingerprint density at radius 3 is 2.76 bits per heavy atom.